The Bertz CT molecular complexity index is 1340. The molecule has 0 radical (unpaired) electrons. The van der Waals surface area contributed by atoms with Gasteiger partial charge in [-0.3, -0.25) is 9.69 Å². The van der Waals surface area contributed by atoms with Crippen LogP contribution in [0.25, 0.3) is 11.1 Å². The van der Waals surface area contributed by atoms with E-state index in [1.165, 1.54) is 32.1 Å². The van der Waals surface area contributed by atoms with Crippen LogP contribution in [0.2, 0.25) is 0 Å². The maximum atomic E-state index is 13.5. The molecule has 1 saturated heterocycles. The highest BCUT2D eigenvalue weighted by Crippen LogP contribution is 2.37. The molecule has 3 atom stereocenters. The van der Waals surface area contributed by atoms with Gasteiger partial charge in [0.1, 0.15) is 15.9 Å². The Morgan fingerprint density at radius 1 is 1.10 bits per heavy atom. The number of carboxylic acids is 1. The molecule has 1 unspecified atom stereocenters. The molecule has 42 heavy (non-hydrogen) atoms. The first-order valence-electron chi connectivity index (χ1n) is 14.8. The van der Waals surface area contributed by atoms with E-state index in [1.807, 2.05) is 43.3 Å². The second-order valence-corrected chi connectivity index (χ2v) is 15.6. The standard InChI is InChI=1S/C32H44N2O6S2/c1-22-9-7-8-12-27(22)29-17-23(13-14-28(29)31(35)33-30(32(36)37)15-16-42(3,38)39)19-34-20-26(18-24(34)21-40-2)41-25-10-5-4-6-11-25/h7-9,12-14,17,24-26,30H,4-6,10-11,15-16,18-21H2,1-3H3,(H,33,35)(H,36,37)/t24-,26+,30?/m0/s1. The molecular weight excluding hydrogens is 572 g/mol. The number of thioether (sulfide) groups is 1. The van der Waals surface area contributed by atoms with Crippen LogP contribution < -0.4 is 5.32 Å². The molecule has 1 saturated carbocycles. The molecule has 230 valence electrons. The summed E-state index contributed by atoms with van der Waals surface area (Å²) in [5.74, 6) is -2.13. The van der Waals surface area contributed by atoms with Gasteiger partial charge in [-0.15, -0.1) is 0 Å². The van der Waals surface area contributed by atoms with Gasteiger partial charge in [-0.25, -0.2) is 13.2 Å². The summed E-state index contributed by atoms with van der Waals surface area (Å²) in [5.41, 5.74) is 4.05. The summed E-state index contributed by atoms with van der Waals surface area (Å²) in [5, 5.41) is 13.6. The van der Waals surface area contributed by atoms with Crippen LogP contribution in [0.1, 0.15) is 66.4 Å². The van der Waals surface area contributed by atoms with Crippen LogP contribution in [0.15, 0.2) is 42.5 Å². The van der Waals surface area contributed by atoms with Crippen molar-refractivity contribution in [2.24, 2.45) is 0 Å². The number of carbonyl (C=O) groups is 2. The quantitative estimate of drug-likeness (QED) is 0.326. The van der Waals surface area contributed by atoms with E-state index in [-0.39, 0.29) is 12.2 Å². The minimum Gasteiger partial charge on any atom is -0.480 e. The van der Waals surface area contributed by atoms with E-state index in [9.17, 15) is 23.1 Å². The number of nitrogens with one attached hydrogen (secondary N) is 1. The molecule has 1 aliphatic carbocycles. The van der Waals surface area contributed by atoms with Crippen molar-refractivity contribution in [2.75, 3.05) is 32.3 Å². The van der Waals surface area contributed by atoms with Crippen LogP contribution in [0, 0.1) is 6.92 Å². The number of ether oxygens (including phenoxy) is 1. The van der Waals surface area contributed by atoms with Gasteiger partial charge >= 0.3 is 5.97 Å². The summed E-state index contributed by atoms with van der Waals surface area (Å²) in [6.45, 7) is 4.38. The Morgan fingerprint density at radius 2 is 1.83 bits per heavy atom. The molecule has 0 bridgehead atoms. The SMILES string of the molecule is COC[C@@H]1C[C@@H](SC2CCCCC2)CN1Cc1ccc(C(=O)NC(CCS(C)(=O)=O)C(=O)O)c(-c2ccccc2C)c1. The summed E-state index contributed by atoms with van der Waals surface area (Å²) >= 11 is 2.16. The lowest BCUT2D eigenvalue weighted by Crippen LogP contribution is -2.42. The highest BCUT2D eigenvalue weighted by Gasteiger charge is 2.34. The van der Waals surface area contributed by atoms with E-state index in [0.717, 1.165) is 53.3 Å². The predicted octanol–water partition coefficient (Wildman–Crippen LogP) is 4.93. The van der Waals surface area contributed by atoms with Crippen molar-refractivity contribution in [3.05, 3.63) is 59.2 Å². The van der Waals surface area contributed by atoms with Gasteiger partial charge in [-0.1, -0.05) is 49.6 Å². The van der Waals surface area contributed by atoms with Crippen LogP contribution >= 0.6 is 11.8 Å². The molecular formula is C32H44N2O6S2. The van der Waals surface area contributed by atoms with Crippen LogP contribution in [0.5, 0.6) is 0 Å². The van der Waals surface area contributed by atoms with Gasteiger partial charge in [0.05, 0.1) is 12.4 Å². The molecule has 1 aliphatic heterocycles. The average Bonchev–Trinajstić information content (AvgIpc) is 3.31. The third-order valence-electron chi connectivity index (χ3n) is 8.32. The second-order valence-electron chi connectivity index (χ2n) is 11.8. The zero-order valence-corrected chi connectivity index (χ0v) is 26.5. The first-order chi connectivity index (χ1) is 20.0. The van der Waals surface area contributed by atoms with Gasteiger partial charge in [0.2, 0.25) is 0 Å². The largest absolute Gasteiger partial charge is 0.480 e. The normalized spacial score (nSPS) is 20.8. The van der Waals surface area contributed by atoms with Gasteiger partial charge in [-0.2, -0.15) is 11.8 Å². The van der Waals surface area contributed by atoms with Gasteiger partial charge < -0.3 is 15.2 Å². The van der Waals surface area contributed by atoms with Crippen LogP contribution in [0.3, 0.4) is 0 Å². The maximum Gasteiger partial charge on any atom is 0.326 e. The molecule has 4 rings (SSSR count). The smallest absolute Gasteiger partial charge is 0.326 e. The number of sulfone groups is 1. The molecule has 0 aromatic heterocycles. The third kappa shape index (κ3) is 9.05. The highest BCUT2D eigenvalue weighted by molar-refractivity contribution is 8.00. The van der Waals surface area contributed by atoms with Gasteiger partial charge in [0.15, 0.2) is 0 Å². The van der Waals surface area contributed by atoms with Gasteiger partial charge in [0, 0.05) is 48.6 Å². The molecule has 2 N–H and O–H groups in total. The van der Waals surface area contributed by atoms with E-state index in [2.05, 4.69) is 22.0 Å². The summed E-state index contributed by atoms with van der Waals surface area (Å²) < 4.78 is 28.9. The minimum atomic E-state index is -3.38. The number of carbonyl (C=O) groups excluding carboxylic acids is 1. The summed E-state index contributed by atoms with van der Waals surface area (Å²) in [6, 6.07) is 12.6. The van der Waals surface area contributed by atoms with Crippen LogP contribution in [-0.2, 0) is 25.9 Å². The monoisotopic (exact) mass is 616 g/mol. The predicted molar refractivity (Wildman–Crippen MR) is 169 cm³/mol. The number of nitrogens with zero attached hydrogens (tertiary/aromatic N) is 1. The van der Waals surface area contributed by atoms with E-state index < -0.39 is 27.8 Å². The molecule has 8 nitrogen and oxygen atoms in total. The van der Waals surface area contributed by atoms with Crippen molar-refractivity contribution in [2.45, 2.75) is 81.0 Å². The molecule has 0 spiro atoms. The number of hydrogen-bond acceptors (Lipinski definition) is 7. The Balaban J connectivity index is 1.57. The van der Waals surface area contributed by atoms with E-state index in [0.29, 0.717) is 23.5 Å². The van der Waals surface area contributed by atoms with Crippen molar-refractivity contribution < 1.29 is 27.9 Å². The van der Waals surface area contributed by atoms with Crippen LogP contribution in [0.4, 0.5) is 0 Å². The lowest BCUT2D eigenvalue weighted by Gasteiger charge is -2.25. The topological polar surface area (TPSA) is 113 Å². The van der Waals surface area contributed by atoms with Crippen LogP contribution in [-0.4, -0.2) is 85.2 Å². The molecule has 1 amide bonds. The minimum absolute atomic E-state index is 0.201. The fraction of sp³-hybridized carbons (Fsp3) is 0.562. The summed E-state index contributed by atoms with van der Waals surface area (Å²) in [6.07, 6.45) is 8.61. The van der Waals surface area contributed by atoms with Crippen molar-refractivity contribution in [1.29, 1.82) is 0 Å². The molecule has 2 fully saturated rings. The molecule has 2 aromatic rings. The first-order valence-corrected chi connectivity index (χ1v) is 17.8. The summed E-state index contributed by atoms with van der Waals surface area (Å²) in [4.78, 5) is 27.8. The van der Waals surface area contributed by atoms with Gasteiger partial charge in [-0.05, 0) is 67.0 Å². The fourth-order valence-corrected chi connectivity index (χ4v) is 8.54. The maximum absolute atomic E-state index is 13.5. The molecule has 10 heteroatoms. The molecule has 1 heterocycles. The fourth-order valence-electron chi connectivity index (χ4n) is 6.11. The zero-order valence-electron chi connectivity index (χ0n) is 24.9. The molecule has 2 aliphatic rings. The number of hydrogen-bond donors (Lipinski definition) is 2. The lowest BCUT2D eigenvalue weighted by molar-refractivity contribution is -0.139. The number of carboxylic acid groups (broad SMARTS) is 1. The number of amides is 1. The van der Waals surface area contributed by atoms with E-state index >= 15 is 0 Å². The second kappa shape index (κ2) is 14.9. The van der Waals surface area contributed by atoms with Crippen molar-refractivity contribution >= 4 is 33.5 Å². The van der Waals surface area contributed by atoms with E-state index in [1.54, 1.807) is 13.2 Å². The Kier molecular flexibility index (Phi) is 11.5. The lowest BCUT2D eigenvalue weighted by atomic mass is 9.93. The van der Waals surface area contributed by atoms with Crippen molar-refractivity contribution in [1.82, 2.24) is 10.2 Å². The Labute approximate surface area is 254 Å². The Hall–Kier alpha value is -2.40. The van der Waals surface area contributed by atoms with Gasteiger partial charge in [0.25, 0.3) is 5.91 Å². The number of methoxy groups -OCH3 is 1. The van der Waals surface area contributed by atoms with Crippen molar-refractivity contribution in [3.63, 3.8) is 0 Å². The zero-order chi connectivity index (χ0) is 30.3. The number of benzene rings is 2. The first kappa shape index (κ1) is 32.5. The average molecular weight is 617 g/mol. The Morgan fingerprint density at radius 3 is 2.50 bits per heavy atom. The number of likely N-dealkylation sites (tertiary alicyclic amines) is 1. The highest BCUT2D eigenvalue weighted by atomic mass is 32.2. The molecule has 2 aromatic carbocycles. The summed E-state index contributed by atoms with van der Waals surface area (Å²) in [7, 11) is -1.62. The number of aliphatic carboxylic acids is 1. The number of rotatable bonds is 13. The number of aryl methyl sites for hydroxylation is 1. The van der Waals surface area contributed by atoms with E-state index in [4.69, 9.17) is 4.74 Å². The third-order valence-corrected chi connectivity index (χ3v) is 10.9. The van der Waals surface area contributed by atoms with Crippen molar-refractivity contribution in [3.8, 4) is 11.1 Å².